The third-order valence-electron chi connectivity index (χ3n) is 5.26. The molecule has 0 spiro atoms. The van der Waals surface area contributed by atoms with Gasteiger partial charge < -0.3 is 10.1 Å². The van der Waals surface area contributed by atoms with Gasteiger partial charge in [0.15, 0.2) is 0 Å². The number of alkyl halides is 3. The Balaban J connectivity index is 1.30. The van der Waals surface area contributed by atoms with E-state index in [9.17, 15) is 18.0 Å². The summed E-state index contributed by atoms with van der Waals surface area (Å²) in [6, 6.07) is 21.0. The van der Waals surface area contributed by atoms with Gasteiger partial charge in [-0.25, -0.2) is 4.79 Å². The Bertz CT molecular complexity index is 1060. The molecule has 0 heterocycles. The topological polar surface area (TPSA) is 38.3 Å². The molecule has 3 aromatic rings. The Hall–Kier alpha value is -3.54. The van der Waals surface area contributed by atoms with Gasteiger partial charge in [-0.05, 0) is 39.9 Å². The van der Waals surface area contributed by atoms with E-state index in [-0.39, 0.29) is 19.1 Å². The van der Waals surface area contributed by atoms with Crippen LogP contribution in [0.1, 0.15) is 28.2 Å². The number of alkyl carbamates (subject to hydrolysis) is 1. The smallest absolute Gasteiger partial charge is 0.416 e. The van der Waals surface area contributed by atoms with Crippen LogP contribution >= 0.6 is 0 Å². The number of ether oxygens (including phenoxy) is 1. The van der Waals surface area contributed by atoms with Crippen molar-refractivity contribution < 1.29 is 22.7 Å². The summed E-state index contributed by atoms with van der Waals surface area (Å²) < 4.78 is 43.2. The number of carbonyl (C=O) groups excluding carboxylic acids is 1. The predicted molar refractivity (Wildman–Crippen MR) is 114 cm³/mol. The fraction of sp³-hybridized carbons (Fsp3) is 0.160. The molecule has 0 atom stereocenters. The van der Waals surface area contributed by atoms with Crippen molar-refractivity contribution in [3.63, 3.8) is 0 Å². The zero-order valence-corrected chi connectivity index (χ0v) is 16.5. The second-order valence-electron chi connectivity index (χ2n) is 7.23. The van der Waals surface area contributed by atoms with Crippen LogP contribution in [0.25, 0.3) is 17.2 Å². The summed E-state index contributed by atoms with van der Waals surface area (Å²) in [5.41, 5.74) is 4.51. The summed E-state index contributed by atoms with van der Waals surface area (Å²) in [6.45, 7) is 0.431. The molecule has 0 fully saturated rings. The number of amides is 1. The summed E-state index contributed by atoms with van der Waals surface area (Å²) in [6.07, 6.45) is -1.60. The molecule has 0 bridgehead atoms. The Morgan fingerprint density at radius 3 is 2.06 bits per heavy atom. The minimum absolute atomic E-state index is 0.0131. The molecular formula is C25H20F3NO2. The largest absolute Gasteiger partial charge is 0.449 e. The summed E-state index contributed by atoms with van der Waals surface area (Å²) in [4.78, 5) is 12.1. The third kappa shape index (κ3) is 4.63. The number of carbonyl (C=O) groups is 1. The van der Waals surface area contributed by atoms with Crippen molar-refractivity contribution in [1.82, 2.24) is 5.32 Å². The molecule has 1 amide bonds. The quantitative estimate of drug-likeness (QED) is 0.526. The lowest BCUT2D eigenvalue weighted by molar-refractivity contribution is -0.137. The lowest BCUT2D eigenvalue weighted by Gasteiger charge is -2.14. The number of hydrogen-bond donors (Lipinski definition) is 1. The maximum Gasteiger partial charge on any atom is 0.416 e. The number of nitrogens with one attached hydrogen (secondary N) is 1. The average Bonchev–Trinajstić information content (AvgIpc) is 3.09. The molecule has 31 heavy (non-hydrogen) atoms. The molecule has 0 saturated heterocycles. The first kappa shape index (κ1) is 20.7. The molecule has 1 aliphatic rings. The van der Waals surface area contributed by atoms with Gasteiger partial charge in [0.1, 0.15) is 6.61 Å². The number of rotatable bonds is 5. The minimum Gasteiger partial charge on any atom is -0.449 e. The van der Waals surface area contributed by atoms with E-state index in [2.05, 4.69) is 17.4 Å². The highest BCUT2D eigenvalue weighted by atomic mass is 19.4. The van der Waals surface area contributed by atoms with Gasteiger partial charge in [-0.1, -0.05) is 72.8 Å². The first-order valence-electron chi connectivity index (χ1n) is 9.86. The lowest BCUT2D eigenvalue weighted by atomic mass is 9.98. The maximum atomic E-state index is 12.6. The summed E-state index contributed by atoms with van der Waals surface area (Å²) in [5.74, 6) is -0.0131. The molecular weight excluding hydrogens is 403 g/mol. The fourth-order valence-corrected chi connectivity index (χ4v) is 3.77. The summed E-state index contributed by atoms with van der Waals surface area (Å²) >= 11 is 0. The van der Waals surface area contributed by atoms with Gasteiger partial charge in [-0.3, -0.25) is 0 Å². The SMILES string of the molecule is O=C(NCC=Cc1ccc(C(F)(F)F)cc1)OCC1c2ccccc2-c2ccccc21. The molecule has 6 heteroatoms. The van der Waals surface area contributed by atoms with E-state index < -0.39 is 17.8 Å². The van der Waals surface area contributed by atoms with Gasteiger partial charge in [-0.15, -0.1) is 0 Å². The van der Waals surface area contributed by atoms with E-state index in [1.165, 1.54) is 12.1 Å². The van der Waals surface area contributed by atoms with Crippen LogP contribution in [0.3, 0.4) is 0 Å². The second kappa shape index (κ2) is 8.68. The second-order valence-corrected chi connectivity index (χ2v) is 7.23. The van der Waals surface area contributed by atoms with E-state index in [1.54, 1.807) is 12.2 Å². The van der Waals surface area contributed by atoms with Crippen LogP contribution in [-0.2, 0) is 10.9 Å². The molecule has 3 aromatic carbocycles. The Labute approximate surface area is 178 Å². The van der Waals surface area contributed by atoms with E-state index in [4.69, 9.17) is 4.74 Å². The van der Waals surface area contributed by atoms with Gasteiger partial charge in [0, 0.05) is 12.5 Å². The van der Waals surface area contributed by atoms with Crippen molar-refractivity contribution >= 4 is 12.2 Å². The normalized spacial score (nSPS) is 13.1. The highest BCUT2D eigenvalue weighted by Gasteiger charge is 2.30. The maximum absolute atomic E-state index is 12.6. The van der Waals surface area contributed by atoms with Gasteiger partial charge >= 0.3 is 12.3 Å². The number of halogens is 3. The lowest BCUT2D eigenvalue weighted by Crippen LogP contribution is -2.26. The number of fused-ring (bicyclic) bond motifs is 3. The van der Waals surface area contributed by atoms with Crippen molar-refractivity contribution in [3.05, 3.63) is 101 Å². The van der Waals surface area contributed by atoms with Gasteiger partial charge in [0.05, 0.1) is 5.56 Å². The molecule has 3 nitrogen and oxygen atoms in total. The van der Waals surface area contributed by atoms with Crippen LogP contribution in [0.4, 0.5) is 18.0 Å². The number of hydrogen-bond acceptors (Lipinski definition) is 2. The van der Waals surface area contributed by atoms with Crippen molar-refractivity contribution in [3.8, 4) is 11.1 Å². The Morgan fingerprint density at radius 2 is 1.48 bits per heavy atom. The summed E-state index contributed by atoms with van der Waals surface area (Å²) in [5, 5.41) is 2.63. The van der Waals surface area contributed by atoms with E-state index in [1.807, 2.05) is 36.4 Å². The van der Waals surface area contributed by atoms with Gasteiger partial charge in [0.25, 0.3) is 0 Å². The van der Waals surface area contributed by atoms with Gasteiger partial charge in [-0.2, -0.15) is 13.2 Å². The number of benzene rings is 3. The first-order chi connectivity index (χ1) is 14.9. The van der Waals surface area contributed by atoms with E-state index in [0.29, 0.717) is 5.56 Å². The Morgan fingerprint density at radius 1 is 0.903 bits per heavy atom. The first-order valence-corrected chi connectivity index (χ1v) is 9.86. The monoisotopic (exact) mass is 423 g/mol. The predicted octanol–water partition coefficient (Wildman–Crippen LogP) is 6.26. The van der Waals surface area contributed by atoms with Crippen LogP contribution < -0.4 is 5.32 Å². The molecule has 4 rings (SSSR count). The Kier molecular flexibility index (Phi) is 5.80. The molecule has 0 radical (unpaired) electrons. The fourth-order valence-electron chi connectivity index (χ4n) is 3.77. The van der Waals surface area contributed by atoms with Crippen LogP contribution in [0.5, 0.6) is 0 Å². The van der Waals surface area contributed by atoms with Crippen LogP contribution in [0.2, 0.25) is 0 Å². The van der Waals surface area contributed by atoms with Crippen LogP contribution in [-0.4, -0.2) is 19.2 Å². The molecule has 0 aliphatic heterocycles. The molecule has 1 aliphatic carbocycles. The molecule has 0 saturated carbocycles. The zero-order chi connectivity index (χ0) is 21.8. The van der Waals surface area contributed by atoms with Crippen molar-refractivity contribution in [2.45, 2.75) is 12.1 Å². The van der Waals surface area contributed by atoms with Crippen molar-refractivity contribution in [2.24, 2.45) is 0 Å². The third-order valence-corrected chi connectivity index (χ3v) is 5.26. The average molecular weight is 423 g/mol. The van der Waals surface area contributed by atoms with Crippen LogP contribution in [0, 0.1) is 0 Å². The van der Waals surface area contributed by atoms with Gasteiger partial charge in [0.2, 0.25) is 0 Å². The highest BCUT2D eigenvalue weighted by Crippen LogP contribution is 2.44. The van der Waals surface area contributed by atoms with Crippen molar-refractivity contribution in [2.75, 3.05) is 13.2 Å². The standard InChI is InChI=1S/C25H20F3NO2/c26-25(27,28)18-13-11-17(12-14-18)6-5-15-29-24(30)31-16-23-21-9-3-1-7-19(21)20-8-2-4-10-22(20)23/h1-14,23H,15-16H2,(H,29,30). The molecule has 1 N–H and O–H groups in total. The minimum atomic E-state index is -4.35. The van der Waals surface area contributed by atoms with E-state index in [0.717, 1.165) is 34.4 Å². The summed E-state index contributed by atoms with van der Waals surface area (Å²) in [7, 11) is 0. The molecule has 0 unspecified atom stereocenters. The molecule has 0 aromatic heterocycles. The van der Waals surface area contributed by atoms with Crippen molar-refractivity contribution in [1.29, 1.82) is 0 Å². The highest BCUT2D eigenvalue weighted by molar-refractivity contribution is 5.79. The van der Waals surface area contributed by atoms with Crippen LogP contribution in [0.15, 0.2) is 78.9 Å². The molecule has 158 valence electrons. The van der Waals surface area contributed by atoms with E-state index >= 15 is 0 Å². The zero-order valence-electron chi connectivity index (χ0n) is 16.5.